The lowest BCUT2D eigenvalue weighted by Crippen LogP contribution is -2.07. The quantitative estimate of drug-likeness (QED) is 0.542. The number of anilines is 1. The number of hydrogen-bond acceptors (Lipinski definition) is 4. The summed E-state index contributed by atoms with van der Waals surface area (Å²) in [5, 5.41) is 10.9. The first-order chi connectivity index (χ1) is 13.2. The van der Waals surface area contributed by atoms with E-state index in [0.29, 0.717) is 11.5 Å². The van der Waals surface area contributed by atoms with Gasteiger partial charge in [0.05, 0.1) is 5.52 Å². The number of hydrogen-bond donors (Lipinski definition) is 2. The number of carbonyl (C=O) groups excluding carboxylic acids is 1. The minimum Gasteiger partial charge on any atom is -0.322 e. The lowest BCUT2D eigenvalue weighted by molar-refractivity contribution is -0.111. The van der Waals surface area contributed by atoms with Crippen molar-refractivity contribution in [2.75, 3.05) is 5.32 Å². The lowest BCUT2D eigenvalue weighted by Gasteiger charge is -2.04. The minimum atomic E-state index is -0.216. The van der Waals surface area contributed by atoms with Crippen LogP contribution in [0.5, 0.6) is 0 Å². The number of para-hydroxylation sites is 1. The summed E-state index contributed by atoms with van der Waals surface area (Å²) in [5.74, 6) is 1.12. The SMILES string of the molecule is Cc1nc(-c2cccc(NC(=O)/C=C/c3cccc4cccnc34)c2)n[nH]1. The molecule has 6 nitrogen and oxygen atoms in total. The van der Waals surface area contributed by atoms with Crippen LogP contribution in [0.1, 0.15) is 11.4 Å². The number of aromatic amines is 1. The highest BCUT2D eigenvalue weighted by Gasteiger charge is 2.06. The van der Waals surface area contributed by atoms with Gasteiger partial charge in [-0.3, -0.25) is 14.9 Å². The van der Waals surface area contributed by atoms with E-state index in [-0.39, 0.29) is 5.91 Å². The Morgan fingerprint density at radius 1 is 1.11 bits per heavy atom. The zero-order valence-electron chi connectivity index (χ0n) is 14.7. The normalized spacial score (nSPS) is 11.1. The third kappa shape index (κ3) is 3.74. The standard InChI is InChI=1S/C21H17N5O/c1-14-23-21(26-25-14)17-7-3-9-18(13-17)24-19(27)11-10-16-6-2-5-15-8-4-12-22-20(15)16/h2-13H,1H3,(H,24,27)(H,23,25,26)/b11-10+. The summed E-state index contributed by atoms with van der Waals surface area (Å²) >= 11 is 0. The second-order valence-corrected chi connectivity index (χ2v) is 6.07. The predicted octanol–water partition coefficient (Wildman–Crippen LogP) is 3.98. The Morgan fingerprint density at radius 3 is 2.81 bits per heavy atom. The summed E-state index contributed by atoms with van der Waals surface area (Å²) < 4.78 is 0. The molecule has 4 rings (SSSR count). The van der Waals surface area contributed by atoms with Crippen LogP contribution in [-0.4, -0.2) is 26.1 Å². The van der Waals surface area contributed by atoms with Crippen molar-refractivity contribution < 1.29 is 4.79 Å². The van der Waals surface area contributed by atoms with Crippen LogP contribution in [-0.2, 0) is 4.79 Å². The molecule has 2 heterocycles. The van der Waals surface area contributed by atoms with Gasteiger partial charge in [0, 0.05) is 34.5 Å². The molecule has 0 unspecified atom stereocenters. The fourth-order valence-electron chi connectivity index (χ4n) is 2.82. The molecule has 0 radical (unpaired) electrons. The monoisotopic (exact) mass is 355 g/mol. The third-order valence-electron chi connectivity index (χ3n) is 4.06. The average Bonchev–Trinajstić information content (AvgIpc) is 3.13. The number of amides is 1. The molecule has 132 valence electrons. The first-order valence-electron chi connectivity index (χ1n) is 8.51. The van der Waals surface area contributed by atoms with Gasteiger partial charge in [-0.2, -0.15) is 5.10 Å². The van der Waals surface area contributed by atoms with E-state index in [9.17, 15) is 4.79 Å². The molecule has 2 aromatic heterocycles. The highest BCUT2D eigenvalue weighted by molar-refractivity contribution is 6.03. The Bertz CT molecular complexity index is 1140. The minimum absolute atomic E-state index is 0.216. The molecule has 0 aliphatic heterocycles. The number of carbonyl (C=O) groups is 1. The van der Waals surface area contributed by atoms with E-state index in [1.807, 2.05) is 61.5 Å². The smallest absolute Gasteiger partial charge is 0.248 e. The van der Waals surface area contributed by atoms with Crippen molar-refractivity contribution in [1.82, 2.24) is 20.2 Å². The molecule has 0 aliphatic carbocycles. The molecule has 6 heteroatoms. The van der Waals surface area contributed by atoms with E-state index < -0.39 is 0 Å². The molecule has 0 saturated carbocycles. The highest BCUT2D eigenvalue weighted by atomic mass is 16.1. The number of fused-ring (bicyclic) bond motifs is 1. The molecular formula is C21H17N5O. The number of pyridine rings is 1. The van der Waals surface area contributed by atoms with E-state index in [1.54, 1.807) is 12.3 Å². The van der Waals surface area contributed by atoms with E-state index in [4.69, 9.17) is 0 Å². The van der Waals surface area contributed by atoms with Crippen molar-refractivity contribution >= 4 is 28.6 Å². The largest absolute Gasteiger partial charge is 0.322 e. The number of nitrogens with zero attached hydrogens (tertiary/aromatic N) is 3. The predicted molar refractivity (Wildman–Crippen MR) is 106 cm³/mol. The number of H-pyrrole nitrogens is 1. The maximum absolute atomic E-state index is 12.3. The molecule has 0 spiro atoms. The summed E-state index contributed by atoms with van der Waals surface area (Å²) in [5.41, 5.74) is 3.28. The van der Waals surface area contributed by atoms with Crippen molar-refractivity contribution in [2.24, 2.45) is 0 Å². The fraction of sp³-hybridized carbons (Fsp3) is 0.0476. The Morgan fingerprint density at radius 2 is 1.96 bits per heavy atom. The Labute approximate surface area is 156 Å². The van der Waals surface area contributed by atoms with Crippen LogP contribution in [0.2, 0.25) is 0 Å². The second-order valence-electron chi connectivity index (χ2n) is 6.07. The van der Waals surface area contributed by atoms with Crippen LogP contribution < -0.4 is 5.32 Å². The number of nitrogens with one attached hydrogen (secondary N) is 2. The molecule has 0 aliphatic rings. The molecule has 27 heavy (non-hydrogen) atoms. The third-order valence-corrected chi connectivity index (χ3v) is 4.06. The van der Waals surface area contributed by atoms with Crippen molar-refractivity contribution in [2.45, 2.75) is 6.92 Å². The van der Waals surface area contributed by atoms with Crippen LogP contribution in [0, 0.1) is 6.92 Å². The average molecular weight is 355 g/mol. The van der Waals surface area contributed by atoms with Crippen LogP contribution >= 0.6 is 0 Å². The summed E-state index contributed by atoms with van der Waals surface area (Å²) in [6.07, 6.45) is 5.02. The van der Waals surface area contributed by atoms with E-state index in [2.05, 4.69) is 25.5 Å². The first-order valence-corrected chi connectivity index (χ1v) is 8.51. The number of aryl methyl sites for hydroxylation is 1. The Kier molecular flexibility index (Phi) is 4.45. The summed E-state index contributed by atoms with van der Waals surface area (Å²) in [4.78, 5) is 21.0. The summed E-state index contributed by atoms with van der Waals surface area (Å²) in [6, 6.07) is 17.2. The number of rotatable bonds is 4. The maximum atomic E-state index is 12.3. The molecule has 0 bridgehead atoms. The van der Waals surface area contributed by atoms with Gasteiger partial charge in [0.15, 0.2) is 5.82 Å². The second kappa shape index (κ2) is 7.21. The summed E-state index contributed by atoms with van der Waals surface area (Å²) in [6.45, 7) is 1.84. The van der Waals surface area contributed by atoms with Gasteiger partial charge in [-0.15, -0.1) is 0 Å². The molecule has 0 atom stereocenters. The molecule has 2 N–H and O–H groups in total. The van der Waals surface area contributed by atoms with E-state index in [1.165, 1.54) is 6.08 Å². The molecule has 2 aromatic carbocycles. The van der Waals surface area contributed by atoms with Crippen molar-refractivity contribution in [1.29, 1.82) is 0 Å². The first kappa shape index (κ1) is 16.7. The van der Waals surface area contributed by atoms with Crippen LogP contribution in [0.15, 0.2) is 66.9 Å². The lowest BCUT2D eigenvalue weighted by atomic mass is 10.1. The van der Waals surface area contributed by atoms with Crippen molar-refractivity contribution in [3.63, 3.8) is 0 Å². The summed E-state index contributed by atoms with van der Waals surface area (Å²) in [7, 11) is 0. The fourth-order valence-corrected chi connectivity index (χ4v) is 2.82. The Balaban J connectivity index is 1.52. The molecule has 4 aromatic rings. The molecule has 1 amide bonds. The van der Waals surface area contributed by atoms with Crippen LogP contribution in [0.25, 0.3) is 28.4 Å². The van der Waals surface area contributed by atoms with Crippen molar-refractivity contribution in [3.05, 3.63) is 78.3 Å². The van der Waals surface area contributed by atoms with Gasteiger partial charge in [0.2, 0.25) is 5.91 Å². The maximum Gasteiger partial charge on any atom is 0.248 e. The van der Waals surface area contributed by atoms with Gasteiger partial charge in [-0.1, -0.05) is 36.4 Å². The van der Waals surface area contributed by atoms with Gasteiger partial charge < -0.3 is 5.32 Å². The Hall–Kier alpha value is -3.80. The van der Waals surface area contributed by atoms with Crippen molar-refractivity contribution in [3.8, 4) is 11.4 Å². The van der Waals surface area contributed by atoms with Crippen LogP contribution in [0.3, 0.4) is 0 Å². The highest BCUT2D eigenvalue weighted by Crippen LogP contribution is 2.20. The number of benzene rings is 2. The molecule has 0 fully saturated rings. The van der Waals surface area contributed by atoms with E-state index in [0.717, 1.165) is 27.9 Å². The topological polar surface area (TPSA) is 83.6 Å². The zero-order valence-corrected chi connectivity index (χ0v) is 14.7. The van der Waals surface area contributed by atoms with Gasteiger partial charge in [-0.25, -0.2) is 4.98 Å². The van der Waals surface area contributed by atoms with Gasteiger partial charge in [0.1, 0.15) is 5.82 Å². The van der Waals surface area contributed by atoms with Gasteiger partial charge >= 0.3 is 0 Å². The van der Waals surface area contributed by atoms with Gasteiger partial charge in [0.25, 0.3) is 0 Å². The van der Waals surface area contributed by atoms with Crippen LogP contribution in [0.4, 0.5) is 5.69 Å². The number of aromatic nitrogens is 4. The van der Waals surface area contributed by atoms with Gasteiger partial charge in [-0.05, 0) is 31.2 Å². The zero-order chi connectivity index (χ0) is 18.6. The van der Waals surface area contributed by atoms with E-state index >= 15 is 0 Å². The molecular weight excluding hydrogens is 338 g/mol. The molecule has 0 saturated heterocycles.